The molecule has 2 saturated heterocycles. The lowest BCUT2D eigenvalue weighted by Gasteiger charge is -2.49. The molecule has 2 fully saturated rings. The van der Waals surface area contributed by atoms with Crippen molar-refractivity contribution in [3.8, 4) is 28.5 Å². The molecule has 188 valence electrons. The van der Waals surface area contributed by atoms with Crippen molar-refractivity contribution >= 4 is 17.7 Å². The summed E-state index contributed by atoms with van der Waals surface area (Å²) < 4.78 is 3.50. The third-order valence-electron chi connectivity index (χ3n) is 7.80. The molecule has 0 spiro atoms. The van der Waals surface area contributed by atoms with Gasteiger partial charge in [0.1, 0.15) is 11.9 Å². The van der Waals surface area contributed by atoms with Crippen LogP contribution < -0.4 is 10.2 Å². The molecule has 1 amide bonds. The number of piperidine rings is 2. The number of nitriles is 1. The van der Waals surface area contributed by atoms with Crippen molar-refractivity contribution in [2.75, 3.05) is 11.4 Å². The highest BCUT2D eigenvalue weighted by Gasteiger charge is 2.38. The lowest BCUT2D eigenvalue weighted by Crippen LogP contribution is -2.53. The number of pyridine rings is 1. The van der Waals surface area contributed by atoms with Crippen LogP contribution in [0, 0.1) is 17.2 Å². The highest BCUT2D eigenvalue weighted by atomic mass is 16.1. The van der Waals surface area contributed by atoms with Crippen LogP contribution in [0.3, 0.4) is 0 Å². The van der Waals surface area contributed by atoms with E-state index in [0.29, 0.717) is 29.3 Å². The molecule has 6 rings (SSSR count). The zero-order valence-corrected chi connectivity index (χ0v) is 20.8. The first-order valence-electron chi connectivity index (χ1n) is 12.8. The molecule has 10 heteroatoms. The van der Waals surface area contributed by atoms with Crippen molar-refractivity contribution < 1.29 is 4.79 Å². The van der Waals surface area contributed by atoms with Crippen LogP contribution in [0.2, 0.25) is 0 Å². The van der Waals surface area contributed by atoms with E-state index < -0.39 is 0 Å². The van der Waals surface area contributed by atoms with Crippen LogP contribution >= 0.6 is 0 Å². The third-order valence-corrected chi connectivity index (χ3v) is 7.80. The summed E-state index contributed by atoms with van der Waals surface area (Å²) in [5, 5.41) is 21.2. The molecule has 2 aliphatic rings. The quantitative estimate of drug-likeness (QED) is 0.309. The van der Waals surface area contributed by atoms with Crippen LogP contribution in [0.1, 0.15) is 44.1 Å². The average molecular weight is 496 g/mol. The SMILES string of the molecule is Cn1cc(-c2cc(-c3cnc(N4C5CCCC4CC(CCNC=O)C5)cn3)c3c(C#N)cnn3c2)cn1. The fourth-order valence-corrected chi connectivity index (χ4v) is 6.17. The number of hydrogen-bond donors (Lipinski definition) is 1. The summed E-state index contributed by atoms with van der Waals surface area (Å²) >= 11 is 0. The maximum absolute atomic E-state index is 10.6. The van der Waals surface area contributed by atoms with E-state index in [-0.39, 0.29) is 0 Å². The van der Waals surface area contributed by atoms with Gasteiger partial charge in [0.2, 0.25) is 6.41 Å². The second kappa shape index (κ2) is 9.65. The molecule has 2 unspecified atom stereocenters. The summed E-state index contributed by atoms with van der Waals surface area (Å²) in [6.07, 6.45) is 18.6. The summed E-state index contributed by atoms with van der Waals surface area (Å²) in [4.78, 5) is 22.9. The second-order valence-electron chi connectivity index (χ2n) is 10.1. The number of nitrogens with one attached hydrogen (secondary N) is 1. The van der Waals surface area contributed by atoms with Gasteiger partial charge in [0.05, 0.1) is 41.6 Å². The van der Waals surface area contributed by atoms with E-state index in [1.54, 1.807) is 15.4 Å². The number of carbonyl (C=O) groups is 1. The fourth-order valence-electron chi connectivity index (χ4n) is 6.17. The number of fused-ring (bicyclic) bond motifs is 3. The highest BCUT2D eigenvalue weighted by Crippen LogP contribution is 2.40. The Morgan fingerprint density at radius 2 is 1.92 bits per heavy atom. The van der Waals surface area contributed by atoms with Gasteiger partial charge >= 0.3 is 0 Å². The van der Waals surface area contributed by atoms with Gasteiger partial charge in [-0.1, -0.05) is 0 Å². The predicted octanol–water partition coefficient (Wildman–Crippen LogP) is 3.34. The summed E-state index contributed by atoms with van der Waals surface area (Å²) in [6, 6.07) is 5.20. The number of aromatic nitrogens is 6. The summed E-state index contributed by atoms with van der Waals surface area (Å²) in [6.45, 7) is 0.744. The molecule has 2 bridgehead atoms. The molecule has 2 atom stereocenters. The maximum atomic E-state index is 10.6. The average Bonchev–Trinajstić information content (AvgIpc) is 3.54. The zero-order chi connectivity index (χ0) is 25.4. The number of hydrogen-bond acceptors (Lipinski definition) is 7. The Kier molecular flexibility index (Phi) is 6.04. The predicted molar refractivity (Wildman–Crippen MR) is 138 cm³/mol. The zero-order valence-electron chi connectivity index (χ0n) is 20.8. The standard InChI is InChI=1S/C27H29N9O/c1-34-15-21(12-32-34)19-9-24(27-20(10-28)11-33-35(27)16-19)25-13-31-26(14-30-25)36-22-3-2-4-23(36)8-18(7-22)5-6-29-17-37/h9,11-18,22-23H,2-8H2,1H3,(H,29,37). The Morgan fingerprint density at radius 3 is 2.59 bits per heavy atom. The van der Waals surface area contributed by atoms with Crippen molar-refractivity contribution in [2.24, 2.45) is 13.0 Å². The van der Waals surface area contributed by atoms with E-state index >= 15 is 0 Å². The van der Waals surface area contributed by atoms with Gasteiger partial charge < -0.3 is 10.2 Å². The topological polar surface area (TPSA) is 117 Å². The molecule has 0 aromatic carbocycles. The largest absolute Gasteiger partial charge is 0.359 e. The maximum Gasteiger partial charge on any atom is 0.207 e. The Bertz CT molecular complexity index is 1450. The minimum Gasteiger partial charge on any atom is -0.359 e. The molecule has 1 N–H and O–H groups in total. The number of anilines is 1. The van der Waals surface area contributed by atoms with Gasteiger partial charge in [-0.3, -0.25) is 14.5 Å². The van der Waals surface area contributed by atoms with Crippen molar-refractivity contribution in [3.63, 3.8) is 0 Å². The van der Waals surface area contributed by atoms with Gasteiger partial charge in [-0.25, -0.2) is 9.50 Å². The van der Waals surface area contributed by atoms with E-state index in [4.69, 9.17) is 9.97 Å². The molecule has 4 aromatic heterocycles. The fraction of sp³-hybridized carbons (Fsp3) is 0.407. The molecular weight excluding hydrogens is 466 g/mol. The number of amides is 1. The molecular formula is C27H29N9O. The summed E-state index contributed by atoms with van der Waals surface area (Å²) in [7, 11) is 1.88. The van der Waals surface area contributed by atoms with Crippen molar-refractivity contribution in [2.45, 2.75) is 50.6 Å². The number of aryl methyl sites for hydroxylation is 1. The van der Waals surface area contributed by atoms with E-state index in [1.807, 2.05) is 44.1 Å². The minimum absolute atomic E-state index is 0.453. The van der Waals surface area contributed by atoms with Crippen LogP contribution in [0.5, 0.6) is 0 Å². The highest BCUT2D eigenvalue weighted by molar-refractivity contribution is 5.86. The molecule has 0 radical (unpaired) electrons. The summed E-state index contributed by atoms with van der Waals surface area (Å²) in [5.74, 6) is 1.54. The van der Waals surface area contributed by atoms with Crippen LogP contribution in [0.25, 0.3) is 27.9 Å². The monoisotopic (exact) mass is 495 g/mol. The number of carbonyl (C=O) groups excluding carboxylic acids is 1. The molecule has 0 saturated carbocycles. The molecule has 6 heterocycles. The number of nitrogens with zero attached hydrogens (tertiary/aromatic N) is 8. The Morgan fingerprint density at radius 1 is 1.08 bits per heavy atom. The number of rotatable bonds is 7. The van der Waals surface area contributed by atoms with E-state index in [0.717, 1.165) is 73.1 Å². The van der Waals surface area contributed by atoms with Crippen LogP contribution in [-0.2, 0) is 11.8 Å². The van der Waals surface area contributed by atoms with Gasteiger partial charge in [-0.2, -0.15) is 15.5 Å². The lowest BCUT2D eigenvalue weighted by molar-refractivity contribution is -0.109. The smallest absolute Gasteiger partial charge is 0.207 e. The Balaban J connectivity index is 1.32. The van der Waals surface area contributed by atoms with Gasteiger partial charge in [0, 0.05) is 54.8 Å². The van der Waals surface area contributed by atoms with Crippen molar-refractivity contribution in [3.05, 3.63) is 48.8 Å². The first-order chi connectivity index (χ1) is 18.1. The second-order valence-corrected chi connectivity index (χ2v) is 10.1. The van der Waals surface area contributed by atoms with Gasteiger partial charge in [-0.05, 0) is 50.5 Å². The van der Waals surface area contributed by atoms with Crippen molar-refractivity contribution in [1.29, 1.82) is 5.26 Å². The molecule has 4 aromatic rings. The summed E-state index contributed by atoms with van der Waals surface area (Å²) in [5.41, 5.74) is 4.64. The first-order valence-corrected chi connectivity index (χ1v) is 12.8. The normalized spacial score (nSPS) is 21.1. The van der Waals surface area contributed by atoms with Crippen molar-refractivity contribution in [1.82, 2.24) is 34.7 Å². The van der Waals surface area contributed by atoms with Crippen LogP contribution in [0.4, 0.5) is 5.82 Å². The third kappa shape index (κ3) is 4.31. The van der Waals surface area contributed by atoms with E-state index in [1.165, 1.54) is 6.42 Å². The van der Waals surface area contributed by atoms with E-state index in [2.05, 4.69) is 26.5 Å². The first kappa shape index (κ1) is 23.2. The molecule has 0 aliphatic carbocycles. The molecule has 37 heavy (non-hydrogen) atoms. The van der Waals surface area contributed by atoms with Gasteiger partial charge in [-0.15, -0.1) is 0 Å². The van der Waals surface area contributed by atoms with Crippen LogP contribution in [-0.4, -0.2) is 54.4 Å². The van der Waals surface area contributed by atoms with E-state index in [9.17, 15) is 10.1 Å². The molecule has 10 nitrogen and oxygen atoms in total. The Labute approximate surface area is 214 Å². The Hall–Kier alpha value is -4.26. The van der Waals surface area contributed by atoms with Gasteiger partial charge in [0.15, 0.2) is 0 Å². The minimum atomic E-state index is 0.453. The molecule has 2 aliphatic heterocycles. The van der Waals surface area contributed by atoms with Crippen LogP contribution in [0.15, 0.2) is 43.2 Å². The van der Waals surface area contributed by atoms with Gasteiger partial charge in [0.25, 0.3) is 0 Å². The lowest BCUT2D eigenvalue weighted by atomic mass is 9.77.